The lowest BCUT2D eigenvalue weighted by Crippen LogP contribution is -2.16. The van der Waals surface area contributed by atoms with Gasteiger partial charge in [-0.2, -0.15) is 0 Å². The van der Waals surface area contributed by atoms with Crippen LogP contribution in [0.5, 0.6) is 0 Å². The summed E-state index contributed by atoms with van der Waals surface area (Å²) in [5.41, 5.74) is 1.72. The Bertz CT molecular complexity index is 530. The van der Waals surface area contributed by atoms with Crippen LogP contribution in [-0.4, -0.2) is 24.1 Å². The largest absolute Gasteiger partial charge is 0.329 e. The first-order valence-electron chi connectivity index (χ1n) is 5.65. The topological polar surface area (TPSA) is 41.1 Å². The summed E-state index contributed by atoms with van der Waals surface area (Å²) in [4.78, 5) is 10.1. The van der Waals surface area contributed by atoms with E-state index in [9.17, 15) is 4.39 Å². The molecule has 0 amide bonds. The van der Waals surface area contributed by atoms with Gasteiger partial charge >= 0.3 is 0 Å². The molecule has 2 aromatic rings. The van der Waals surface area contributed by atoms with Crippen LogP contribution in [0.15, 0.2) is 36.8 Å². The van der Waals surface area contributed by atoms with Gasteiger partial charge in [-0.25, -0.2) is 14.4 Å². The van der Waals surface area contributed by atoms with Crippen LogP contribution in [0, 0.1) is 5.82 Å². The molecule has 0 aliphatic rings. The Kier molecular flexibility index (Phi) is 3.84. The summed E-state index contributed by atoms with van der Waals surface area (Å²) >= 11 is 0. The van der Waals surface area contributed by atoms with Gasteiger partial charge in [-0.05, 0) is 25.2 Å². The maximum Gasteiger partial charge on any atom is 0.140 e. The van der Waals surface area contributed by atoms with Crippen LogP contribution >= 0.6 is 0 Å². The minimum absolute atomic E-state index is 0.261. The smallest absolute Gasteiger partial charge is 0.140 e. The lowest BCUT2D eigenvalue weighted by atomic mass is 10.2. The molecule has 0 saturated heterocycles. The summed E-state index contributed by atoms with van der Waals surface area (Å²) in [6, 6.07) is 6.42. The molecule has 0 bridgehead atoms. The number of hydrogen-bond acceptors (Lipinski definition) is 4. The van der Waals surface area contributed by atoms with E-state index in [-0.39, 0.29) is 5.82 Å². The SMILES string of the molecule is CNCc1cncnc1N(C)c1cccc(F)c1. The van der Waals surface area contributed by atoms with Gasteiger partial charge in [0.2, 0.25) is 0 Å². The Morgan fingerprint density at radius 1 is 1.39 bits per heavy atom. The van der Waals surface area contributed by atoms with E-state index in [0.29, 0.717) is 6.54 Å². The van der Waals surface area contributed by atoms with Crippen LogP contribution in [0.25, 0.3) is 0 Å². The van der Waals surface area contributed by atoms with Crippen molar-refractivity contribution in [3.63, 3.8) is 0 Å². The van der Waals surface area contributed by atoms with Gasteiger partial charge in [-0.3, -0.25) is 0 Å². The average Bonchev–Trinajstić information content (AvgIpc) is 2.39. The number of halogens is 1. The molecule has 1 N–H and O–H groups in total. The summed E-state index contributed by atoms with van der Waals surface area (Å²) < 4.78 is 13.2. The van der Waals surface area contributed by atoms with Gasteiger partial charge in [0.05, 0.1) is 0 Å². The number of nitrogens with zero attached hydrogens (tertiary/aromatic N) is 3. The Balaban J connectivity index is 2.36. The fourth-order valence-corrected chi connectivity index (χ4v) is 1.78. The third kappa shape index (κ3) is 2.62. The summed E-state index contributed by atoms with van der Waals surface area (Å²) in [6.45, 7) is 0.663. The van der Waals surface area contributed by atoms with Crippen molar-refractivity contribution >= 4 is 11.5 Å². The predicted molar refractivity (Wildman–Crippen MR) is 69.3 cm³/mol. The molecule has 0 unspecified atom stereocenters. The van der Waals surface area contributed by atoms with Crippen LogP contribution in [0.4, 0.5) is 15.9 Å². The molecule has 0 radical (unpaired) electrons. The highest BCUT2D eigenvalue weighted by molar-refractivity contribution is 5.61. The second-order valence-corrected chi connectivity index (χ2v) is 3.94. The lowest BCUT2D eigenvalue weighted by Gasteiger charge is -2.20. The molecular weight excluding hydrogens is 231 g/mol. The second kappa shape index (κ2) is 5.55. The van der Waals surface area contributed by atoms with Crippen LogP contribution in [0.3, 0.4) is 0 Å². The molecule has 0 fully saturated rings. The molecule has 1 heterocycles. The molecule has 0 spiro atoms. The zero-order valence-electron chi connectivity index (χ0n) is 10.4. The van der Waals surface area contributed by atoms with Crippen LogP contribution in [0.1, 0.15) is 5.56 Å². The molecule has 0 aliphatic heterocycles. The Labute approximate surface area is 105 Å². The third-order valence-electron chi connectivity index (χ3n) is 2.64. The number of rotatable bonds is 4. The molecular formula is C13H15FN4. The summed E-state index contributed by atoms with van der Waals surface area (Å²) in [6.07, 6.45) is 3.25. The molecule has 0 atom stereocenters. The van der Waals surface area contributed by atoms with Gasteiger partial charge in [-0.15, -0.1) is 0 Å². The maximum atomic E-state index is 13.2. The van der Waals surface area contributed by atoms with E-state index in [1.807, 2.05) is 25.1 Å². The van der Waals surface area contributed by atoms with Crippen LogP contribution in [-0.2, 0) is 6.54 Å². The summed E-state index contributed by atoms with van der Waals surface area (Å²) in [7, 11) is 3.72. The molecule has 5 heteroatoms. The van der Waals surface area contributed by atoms with Crippen molar-refractivity contribution in [3.05, 3.63) is 48.2 Å². The van der Waals surface area contributed by atoms with Crippen molar-refractivity contribution < 1.29 is 4.39 Å². The van der Waals surface area contributed by atoms with Gasteiger partial charge in [0.25, 0.3) is 0 Å². The van der Waals surface area contributed by atoms with Crippen molar-refractivity contribution in [1.82, 2.24) is 15.3 Å². The lowest BCUT2D eigenvalue weighted by molar-refractivity contribution is 0.628. The monoisotopic (exact) mass is 246 g/mol. The zero-order valence-corrected chi connectivity index (χ0v) is 10.4. The molecule has 2 rings (SSSR count). The van der Waals surface area contributed by atoms with Gasteiger partial charge in [-0.1, -0.05) is 6.07 Å². The summed E-state index contributed by atoms with van der Waals surface area (Å²) in [5.74, 6) is 0.508. The minimum Gasteiger partial charge on any atom is -0.329 e. The van der Waals surface area contributed by atoms with E-state index in [1.54, 1.807) is 12.3 Å². The molecule has 1 aromatic carbocycles. The van der Waals surface area contributed by atoms with Crippen LogP contribution in [0.2, 0.25) is 0 Å². The Morgan fingerprint density at radius 2 is 2.22 bits per heavy atom. The zero-order chi connectivity index (χ0) is 13.0. The second-order valence-electron chi connectivity index (χ2n) is 3.94. The molecule has 94 valence electrons. The third-order valence-corrected chi connectivity index (χ3v) is 2.64. The summed E-state index contributed by atoms with van der Waals surface area (Å²) in [5, 5.41) is 3.06. The van der Waals surface area contributed by atoms with Crippen molar-refractivity contribution in [2.75, 3.05) is 19.0 Å². The van der Waals surface area contributed by atoms with E-state index < -0.39 is 0 Å². The minimum atomic E-state index is -0.261. The fourth-order valence-electron chi connectivity index (χ4n) is 1.78. The van der Waals surface area contributed by atoms with Crippen molar-refractivity contribution in [2.45, 2.75) is 6.54 Å². The van der Waals surface area contributed by atoms with Crippen molar-refractivity contribution in [2.24, 2.45) is 0 Å². The first-order chi connectivity index (χ1) is 8.72. The highest BCUT2D eigenvalue weighted by Crippen LogP contribution is 2.24. The van der Waals surface area contributed by atoms with E-state index in [4.69, 9.17) is 0 Å². The van der Waals surface area contributed by atoms with Gasteiger partial charge < -0.3 is 10.2 Å². The molecule has 0 saturated carbocycles. The first kappa shape index (κ1) is 12.4. The van der Waals surface area contributed by atoms with Crippen molar-refractivity contribution in [1.29, 1.82) is 0 Å². The molecule has 4 nitrogen and oxygen atoms in total. The van der Waals surface area contributed by atoms with Gasteiger partial charge in [0.1, 0.15) is 18.0 Å². The number of benzene rings is 1. The average molecular weight is 246 g/mol. The number of hydrogen-bond donors (Lipinski definition) is 1. The highest BCUT2D eigenvalue weighted by atomic mass is 19.1. The molecule has 18 heavy (non-hydrogen) atoms. The van der Waals surface area contributed by atoms with E-state index >= 15 is 0 Å². The van der Waals surface area contributed by atoms with E-state index in [0.717, 1.165) is 17.1 Å². The van der Waals surface area contributed by atoms with Crippen LogP contribution < -0.4 is 10.2 Å². The normalized spacial score (nSPS) is 10.4. The van der Waals surface area contributed by atoms with E-state index in [1.165, 1.54) is 18.5 Å². The standard InChI is InChI=1S/C13H15FN4/c1-15-7-10-8-16-9-17-13(10)18(2)12-5-3-4-11(14)6-12/h3-6,8-9,15H,7H2,1-2H3. The van der Waals surface area contributed by atoms with E-state index in [2.05, 4.69) is 15.3 Å². The van der Waals surface area contributed by atoms with Crippen molar-refractivity contribution in [3.8, 4) is 0 Å². The Morgan fingerprint density at radius 3 is 2.94 bits per heavy atom. The number of nitrogens with one attached hydrogen (secondary N) is 1. The Hall–Kier alpha value is -2.01. The highest BCUT2D eigenvalue weighted by Gasteiger charge is 2.10. The number of aromatic nitrogens is 2. The van der Waals surface area contributed by atoms with Gasteiger partial charge in [0, 0.05) is 31.0 Å². The predicted octanol–water partition coefficient (Wildman–Crippen LogP) is 2.10. The quantitative estimate of drug-likeness (QED) is 0.897. The maximum absolute atomic E-state index is 13.2. The first-order valence-corrected chi connectivity index (χ1v) is 5.65. The number of anilines is 2. The molecule has 0 aliphatic carbocycles. The van der Waals surface area contributed by atoms with Gasteiger partial charge in [0.15, 0.2) is 0 Å². The molecule has 1 aromatic heterocycles. The fraction of sp³-hybridized carbons (Fsp3) is 0.231.